The van der Waals surface area contributed by atoms with Gasteiger partial charge in [0, 0.05) is 18.2 Å². The average molecular weight is 335 g/mol. The standard InChI is InChI=1S/C11H17N3O5S2/c1-7(9-14-8(6-20-9)10(15)16)13-11(17)12-4-3-5-21(2,18)19/h6-7H,3-5H2,1-2H3,(H,15,16)(H2,12,13,17). The van der Waals surface area contributed by atoms with Gasteiger partial charge in [0.15, 0.2) is 5.69 Å². The van der Waals surface area contributed by atoms with Gasteiger partial charge in [-0.2, -0.15) is 0 Å². The van der Waals surface area contributed by atoms with Crippen molar-refractivity contribution in [2.45, 2.75) is 19.4 Å². The zero-order valence-corrected chi connectivity index (χ0v) is 13.3. The molecular formula is C11H17N3O5S2. The Morgan fingerprint density at radius 3 is 2.67 bits per heavy atom. The molecule has 0 saturated carbocycles. The van der Waals surface area contributed by atoms with E-state index in [4.69, 9.17) is 5.11 Å². The van der Waals surface area contributed by atoms with Gasteiger partial charge in [-0.25, -0.2) is 23.0 Å². The van der Waals surface area contributed by atoms with E-state index in [9.17, 15) is 18.0 Å². The molecule has 0 bridgehead atoms. The zero-order chi connectivity index (χ0) is 16.0. The number of rotatable bonds is 7. The Bertz CT molecular complexity index is 611. The molecule has 8 nitrogen and oxygen atoms in total. The molecule has 0 aliphatic heterocycles. The number of sulfone groups is 1. The fraction of sp³-hybridized carbons (Fsp3) is 0.545. The molecule has 1 rings (SSSR count). The number of aromatic nitrogens is 1. The molecule has 118 valence electrons. The third-order valence-electron chi connectivity index (χ3n) is 2.44. The monoisotopic (exact) mass is 335 g/mol. The number of thiazole rings is 1. The summed E-state index contributed by atoms with van der Waals surface area (Å²) in [7, 11) is -3.03. The predicted octanol–water partition coefficient (Wildman–Crippen LogP) is 0.636. The fourth-order valence-electron chi connectivity index (χ4n) is 1.43. The molecule has 0 aromatic carbocycles. The molecule has 1 aromatic heterocycles. The number of urea groups is 1. The summed E-state index contributed by atoms with van der Waals surface area (Å²) in [6, 6.07) is -0.888. The number of nitrogens with zero attached hydrogens (tertiary/aromatic N) is 1. The van der Waals surface area contributed by atoms with Gasteiger partial charge in [-0.15, -0.1) is 11.3 Å². The number of hydrogen-bond donors (Lipinski definition) is 3. The number of nitrogens with one attached hydrogen (secondary N) is 2. The Hall–Kier alpha value is -1.68. The second-order valence-electron chi connectivity index (χ2n) is 4.48. The molecule has 21 heavy (non-hydrogen) atoms. The molecule has 3 N–H and O–H groups in total. The topological polar surface area (TPSA) is 125 Å². The number of hydrogen-bond acceptors (Lipinski definition) is 6. The quantitative estimate of drug-likeness (QED) is 0.628. The summed E-state index contributed by atoms with van der Waals surface area (Å²) >= 11 is 1.15. The van der Waals surface area contributed by atoms with E-state index in [1.165, 1.54) is 5.38 Å². The maximum absolute atomic E-state index is 11.6. The first-order valence-corrected chi connectivity index (χ1v) is 9.04. The van der Waals surface area contributed by atoms with E-state index >= 15 is 0 Å². The van der Waals surface area contributed by atoms with Crippen molar-refractivity contribution in [3.63, 3.8) is 0 Å². The van der Waals surface area contributed by atoms with E-state index < -0.39 is 27.9 Å². The summed E-state index contributed by atoms with van der Waals surface area (Å²) in [6.07, 6.45) is 1.47. The van der Waals surface area contributed by atoms with Crippen LogP contribution >= 0.6 is 11.3 Å². The molecule has 0 spiro atoms. The van der Waals surface area contributed by atoms with Gasteiger partial charge in [-0.1, -0.05) is 0 Å². The third kappa shape index (κ3) is 6.54. The van der Waals surface area contributed by atoms with Crippen LogP contribution in [0, 0.1) is 0 Å². The highest BCUT2D eigenvalue weighted by atomic mass is 32.2. The number of amides is 2. The highest BCUT2D eigenvalue weighted by Gasteiger charge is 2.15. The predicted molar refractivity (Wildman–Crippen MR) is 78.4 cm³/mol. The van der Waals surface area contributed by atoms with Crippen LogP contribution < -0.4 is 10.6 Å². The molecule has 0 aliphatic carbocycles. The second-order valence-corrected chi connectivity index (χ2v) is 7.63. The summed E-state index contributed by atoms with van der Waals surface area (Å²) < 4.78 is 21.8. The molecule has 1 heterocycles. The lowest BCUT2D eigenvalue weighted by Crippen LogP contribution is -2.37. The first kappa shape index (κ1) is 17.4. The highest BCUT2D eigenvalue weighted by molar-refractivity contribution is 7.90. The maximum atomic E-state index is 11.6. The van der Waals surface area contributed by atoms with Gasteiger partial charge >= 0.3 is 12.0 Å². The van der Waals surface area contributed by atoms with E-state index in [0.29, 0.717) is 11.4 Å². The number of carboxylic acids is 1. The van der Waals surface area contributed by atoms with E-state index in [1.807, 2.05) is 0 Å². The van der Waals surface area contributed by atoms with Gasteiger partial charge in [0.1, 0.15) is 14.8 Å². The Balaban J connectivity index is 2.38. The van der Waals surface area contributed by atoms with Gasteiger partial charge in [0.25, 0.3) is 0 Å². The van der Waals surface area contributed by atoms with Gasteiger partial charge in [0.2, 0.25) is 0 Å². The smallest absolute Gasteiger partial charge is 0.355 e. The summed E-state index contributed by atoms with van der Waals surface area (Å²) in [5.74, 6) is -1.10. The molecule has 0 aliphatic rings. The molecule has 10 heteroatoms. The minimum atomic E-state index is -3.03. The van der Waals surface area contributed by atoms with Gasteiger partial charge in [-0.05, 0) is 13.3 Å². The van der Waals surface area contributed by atoms with Crippen molar-refractivity contribution >= 4 is 33.2 Å². The first-order chi connectivity index (χ1) is 9.69. The van der Waals surface area contributed by atoms with E-state index in [-0.39, 0.29) is 18.0 Å². The lowest BCUT2D eigenvalue weighted by Gasteiger charge is -2.12. The largest absolute Gasteiger partial charge is 0.476 e. The van der Waals surface area contributed by atoms with E-state index in [1.54, 1.807) is 6.92 Å². The fourth-order valence-corrected chi connectivity index (χ4v) is 2.90. The van der Waals surface area contributed by atoms with Crippen molar-refractivity contribution in [1.29, 1.82) is 0 Å². The summed E-state index contributed by atoms with van der Waals surface area (Å²) in [5.41, 5.74) is -0.0581. The zero-order valence-electron chi connectivity index (χ0n) is 11.6. The van der Waals surface area contributed by atoms with Gasteiger partial charge in [-0.3, -0.25) is 0 Å². The Labute approximate surface area is 126 Å². The van der Waals surface area contributed by atoms with Crippen LogP contribution in [0.3, 0.4) is 0 Å². The first-order valence-electron chi connectivity index (χ1n) is 6.10. The molecule has 1 atom stereocenters. The van der Waals surface area contributed by atoms with Crippen molar-refractivity contribution in [3.05, 3.63) is 16.1 Å². The van der Waals surface area contributed by atoms with Crippen molar-refractivity contribution < 1.29 is 23.1 Å². The third-order valence-corrected chi connectivity index (χ3v) is 4.49. The van der Waals surface area contributed by atoms with Crippen LogP contribution in [0.4, 0.5) is 4.79 Å². The van der Waals surface area contributed by atoms with Crippen molar-refractivity contribution in [2.24, 2.45) is 0 Å². The van der Waals surface area contributed by atoms with E-state index in [0.717, 1.165) is 17.6 Å². The van der Waals surface area contributed by atoms with Crippen molar-refractivity contribution in [1.82, 2.24) is 15.6 Å². The van der Waals surface area contributed by atoms with Gasteiger partial charge < -0.3 is 15.7 Å². The van der Waals surface area contributed by atoms with Crippen LogP contribution in [0.1, 0.15) is 34.9 Å². The lowest BCUT2D eigenvalue weighted by atomic mass is 10.3. The van der Waals surface area contributed by atoms with Crippen molar-refractivity contribution in [3.8, 4) is 0 Å². The Morgan fingerprint density at radius 2 is 2.14 bits per heavy atom. The minimum Gasteiger partial charge on any atom is -0.476 e. The molecular weight excluding hydrogens is 318 g/mol. The Morgan fingerprint density at radius 1 is 1.48 bits per heavy atom. The summed E-state index contributed by atoms with van der Waals surface area (Å²) in [5, 5.41) is 15.8. The van der Waals surface area contributed by atoms with Crippen LogP contribution in [0.2, 0.25) is 0 Å². The Kier molecular flexibility index (Phi) is 6.09. The number of carboxylic acid groups (broad SMARTS) is 1. The van der Waals surface area contributed by atoms with E-state index in [2.05, 4.69) is 15.6 Å². The average Bonchev–Trinajstić information content (AvgIpc) is 2.83. The van der Waals surface area contributed by atoms with Gasteiger partial charge in [0.05, 0.1) is 11.8 Å². The SMILES string of the molecule is CC(NC(=O)NCCCS(C)(=O)=O)c1nc(C(=O)O)cs1. The van der Waals surface area contributed by atoms with Crippen molar-refractivity contribution in [2.75, 3.05) is 18.6 Å². The van der Waals surface area contributed by atoms with Crippen LogP contribution in [0.25, 0.3) is 0 Å². The molecule has 1 aromatic rings. The lowest BCUT2D eigenvalue weighted by molar-refractivity contribution is 0.0691. The number of carbonyl (C=O) groups is 2. The summed E-state index contributed by atoms with van der Waals surface area (Å²) in [6.45, 7) is 1.92. The molecule has 1 unspecified atom stereocenters. The molecule has 0 radical (unpaired) electrons. The number of aromatic carboxylic acids is 1. The second kappa shape index (κ2) is 7.36. The minimum absolute atomic E-state index is 0.0112. The highest BCUT2D eigenvalue weighted by Crippen LogP contribution is 2.17. The molecule has 0 fully saturated rings. The summed E-state index contributed by atoms with van der Waals surface area (Å²) in [4.78, 5) is 26.2. The normalized spacial score (nSPS) is 12.7. The van der Waals surface area contributed by atoms with Crippen LogP contribution in [-0.4, -0.2) is 49.1 Å². The number of carbonyl (C=O) groups excluding carboxylic acids is 1. The van der Waals surface area contributed by atoms with Crippen LogP contribution in [0.5, 0.6) is 0 Å². The van der Waals surface area contributed by atoms with Crippen LogP contribution in [-0.2, 0) is 9.84 Å². The molecule has 0 saturated heterocycles. The molecule has 2 amide bonds. The maximum Gasteiger partial charge on any atom is 0.355 e. The van der Waals surface area contributed by atoms with Crippen LogP contribution in [0.15, 0.2) is 5.38 Å².